The number of carboxylic acids is 1. The van der Waals surface area contributed by atoms with Gasteiger partial charge < -0.3 is 9.67 Å². The third kappa shape index (κ3) is 3.62. The molecule has 6 nitrogen and oxygen atoms in total. The van der Waals surface area contributed by atoms with E-state index in [1.807, 2.05) is 20.0 Å². The number of hydrogen-bond donors (Lipinski definition) is 1. The summed E-state index contributed by atoms with van der Waals surface area (Å²) in [5.41, 5.74) is 2.65. The molecule has 0 fully saturated rings. The number of hydrogen-bond acceptors (Lipinski definition) is 5. The molecule has 0 bridgehead atoms. The zero-order valence-electron chi connectivity index (χ0n) is 12.1. The highest BCUT2D eigenvalue weighted by Crippen LogP contribution is 2.26. The number of rotatable bonds is 8. The maximum Gasteiger partial charge on any atom is 0.313 e. The Morgan fingerprint density at radius 1 is 1.52 bits per heavy atom. The fraction of sp³-hybridized carbons (Fsp3) is 0.462. The third-order valence-corrected chi connectivity index (χ3v) is 4.78. The molecule has 2 aromatic rings. The van der Waals surface area contributed by atoms with Crippen molar-refractivity contribution in [1.29, 1.82) is 0 Å². The van der Waals surface area contributed by atoms with E-state index in [0.29, 0.717) is 0 Å². The zero-order valence-corrected chi connectivity index (χ0v) is 13.7. The van der Waals surface area contributed by atoms with Crippen molar-refractivity contribution < 1.29 is 9.90 Å². The Hall–Kier alpha value is -1.41. The molecule has 0 amide bonds. The average molecular weight is 326 g/mol. The summed E-state index contributed by atoms with van der Waals surface area (Å²) < 4.78 is 3.86. The molecule has 8 heteroatoms. The van der Waals surface area contributed by atoms with Crippen LogP contribution in [0.15, 0.2) is 17.8 Å². The van der Waals surface area contributed by atoms with Crippen molar-refractivity contribution in [2.24, 2.45) is 7.05 Å². The molecule has 114 valence electrons. The Kier molecular flexibility index (Phi) is 5.35. The molecule has 1 N–H and O–H groups in total. The summed E-state index contributed by atoms with van der Waals surface area (Å²) in [7, 11) is 1.88. The van der Waals surface area contributed by atoms with E-state index in [1.165, 1.54) is 11.8 Å². The topological polar surface area (TPSA) is 72.9 Å². The first-order chi connectivity index (χ1) is 10.0. The maximum atomic E-state index is 10.8. The van der Waals surface area contributed by atoms with Gasteiger partial charge in [0.25, 0.3) is 0 Å². The molecule has 2 heterocycles. The third-order valence-electron chi connectivity index (χ3n) is 2.87. The number of carboxylic acid groups (broad SMARTS) is 1. The van der Waals surface area contributed by atoms with E-state index in [4.69, 9.17) is 5.11 Å². The standard InChI is InChI=1S/C13H18N4O2S2/c1-4-6-20-7-5-17-12-11(9(2)15-16(12)3)14-13(17)21-8-10(18)19/h4H,1,5-8H2,2-3H3,(H,18,19). The zero-order chi connectivity index (χ0) is 15.4. The van der Waals surface area contributed by atoms with Gasteiger partial charge in [0.1, 0.15) is 5.52 Å². The summed E-state index contributed by atoms with van der Waals surface area (Å²) in [5, 5.41) is 14.0. The Labute approximate surface area is 131 Å². The first-order valence-corrected chi connectivity index (χ1v) is 8.61. The number of fused-ring (bicyclic) bond motifs is 1. The van der Waals surface area contributed by atoms with Crippen molar-refractivity contribution in [3.05, 3.63) is 18.3 Å². The molecule has 0 radical (unpaired) electrons. The molecule has 0 unspecified atom stereocenters. The highest BCUT2D eigenvalue weighted by Gasteiger charge is 2.18. The van der Waals surface area contributed by atoms with E-state index in [9.17, 15) is 4.79 Å². The average Bonchev–Trinajstić information content (AvgIpc) is 2.92. The lowest BCUT2D eigenvalue weighted by Crippen LogP contribution is -2.08. The molecule has 0 aliphatic rings. The van der Waals surface area contributed by atoms with Gasteiger partial charge >= 0.3 is 5.97 Å². The van der Waals surface area contributed by atoms with Crippen molar-refractivity contribution in [1.82, 2.24) is 19.3 Å². The number of thioether (sulfide) groups is 2. The van der Waals surface area contributed by atoms with Crippen LogP contribution in [0.5, 0.6) is 0 Å². The highest BCUT2D eigenvalue weighted by molar-refractivity contribution is 8.00. The van der Waals surface area contributed by atoms with Crippen molar-refractivity contribution >= 4 is 40.7 Å². The largest absolute Gasteiger partial charge is 0.481 e. The van der Waals surface area contributed by atoms with Gasteiger partial charge in [-0.05, 0) is 6.92 Å². The van der Waals surface area contributed by atoms with E-state index in [0.717, 1.165) is 40.1 Å². The number of nitrogens with zero attached hydrogens (tertiary/aromatic N) is 4. The molecule has 0 atom stereocenters. The Balaban J connectivity index is 2.29. The minimum Gasteiger partial charge on any atom is -0.481 e. The van der Waals surface area contributed by atoms with Gasteiger partial charge in [-0.15, -0.1) is 6.58 Å². The van der Waals surface area contributed by atoms with Crippen molar-refractivity contribution in [2.45, 2.75) is 18.6 Å². The lowest BCUT2D eigenvalue weighted by Gasteiger charge is -2.08. The monoisotopic (exact) mass is 326 g/mol. The summed E-state index contributed by atoms with van der Waals surface area (Å²) in [6, 6.07) is 0. The quantitative estimate of drug-likeness (QED) is 0.455. The van der Waals surface area contributed by atoms with Gasteiger partial charge in [0.15, 0.2) is 10.8 Å². The van der Waals surface area contributed by atoms with Crippen molar-refractivity contribution in [2.75, 3.05) is 17.3 Å². The second kappa shape index (κ2) is 7.04. The molecule has 2 rings (SSSR count). The smallest absolute Gasteiger partial charge is 0.313 e. The Morgan fingerprint density at radius 2 is 2.29 bits per heavy atom. The van der Waals surface area contributed by atoms with Gasteiger partial charge in [-0.2, -0.15) is 16.9 Å². The van der Waals surface area contributed by atoms with E-state index in [2.05, 4.69) is 21.2 Å². The molecule has 0 aliphatic carbocycles. The molecular formula is C13H18N4O2S2. The Bertz CT molecular complexity index is 663. The minimum atomic E-state index is -0.838. The molecule has 0 aromatic carbocycles. The number of imidazole rings is 1. The van der Waals surface area contributed by atoms with Gasteiger partial charge in [0, 0.05) is 25.1 Å². The van der Waals surface area contributed by atoms with E-state index < -0.39 is 5.97 Å². The van der Waals surface area contributed by atoms with Crippen molar-refractivity contribution in [3.8, 4) is 0 Å². The summed E-state index contributed by atoms with van der Waals surface area (Å²) >= 11 is 3.03. The van der Waals surface area contributed by atoms with Crippen LogP contribution in [0, 0.1) is 6.92 Å². The SMILES string of the molecule is C=CCSCCn1c(SCC(=O)O)nc2c(C)nn(C)c21. The van der Waals surface area contributed by atoms with Crippen LogP contribution in [0.1, 0.15) is 5.69 Å². The first-order valence-electron chi connectivity index (χ1n) is 6.47. The van der Waals surface area contributed by atoms with Gasteiger partial charge in [-0.1, -0.05) is 17.8 Å². The van der Waals surface area contributed by atoms with Crippen molar-refractivity contribution in [3.63, 3.8) is 0 Å². The van der Waals surface area contributed by atoms with Crippen LogP contribution in [0.3, 0.4) is 0 Å². The van der Waals surface area contributed by atoms with Crippen LogP contribution in [0.2, 0.25) is 0 Å². The van der Waals surface area contributed by atoms with Crippen LogP contribution in [-0.2, 0) is 18.4 Å². The summed E-state index contributed by atoms with van der Waals surface area (Å²) in [4.78, 5) is 15.3. The van der Waals surface area contributed by atoms with Crippen LogP contribution in [0.4, 0.5) is 0 Å². The number of aliphatic carboxylic acids is 1. The Morgan fingerprint density at radius 3 is 2.95 bits per heavy atom. The predicted molar refractivity (Wildman–Crippen MR) is 87.1 cm³/mol. The lowest BCUT2D eigenvalue weighted by molar-refractivity contribution is -0.133. The normalized spacial score (nSPS) is 11.1. The number of aromatic nitrogens is 4. The number of aryl methyl sites for hydroxylation is 3. The highest BCUT2D eigenvalue weighted by atomic mass is 32.2. The summed E-state index contributed by atoms with van der Waals surface area (Å²) in [6.07, 6.45) is 1.88. The van der Waals surface area contributed by atoms with Gasteiger partial charge in [0.2, 0.25) is 0 Å². The fourth-order valence-corrected chi connectivity index (χ4v) is 3.46. The predicted octanol–water partition coefficient (Wildman–Crippen LogP) is 2.17. The molecule has 21 heavy (non-hydrogen) atoms. The molecular weight excluding hydrogens is 308 g/mol. The van der Waals surface area contributed by atoms with Gasteiger partial charge in [-0.3, -0.25) is 9.48 Å². The second-order valence-electron chi connectivity index (χ2n) is 4.47. The van der Waals surface area contributed by atoms with E-state index in [1.54, 1.807) is 16.4 Å². The van der Waals surface area contributed by atoms with Crippen LogP contribution in [-0.4, -0.2) is 47.7 Å². The first kappa shape index (κ1) is 16.0. The summed E-state index contributed by atoms with van der Waals surface area (Å²) in [6.45, 7) is 6.39. The van der Waals surface area contributed by atoms with Gasteiger partial charge in [-0.25, -0.2) is 4.98 Å². The molecule has 0 saturated heterocycles. The molecule has 0 aliphatic heterocycles. The second-order valence-corrected chi connectivity index (χ2v) is 6.57. The maximum absolute atomic E-state index is 10.8. The lowest BCUT2D eigenvalue weighted by atomic mass is 10.4. The van der Waals surface area contributed by atoms with Crippen LogP contribution in [0.25, 0.3) is 11.2 Å². The molecule has 0 saturated carbocycles. The van der Waals surface area contributed by atoms with E-state index >= 15 is 0 Å². The summed E-state index contributed by atoms with van der Waals surface area (Å²) in [5.74, 6) is 0.993. The minimum absolute atomic E-state index is 0.00952. The van der Waals surface area contributed by atoms with Crippen LogP contribution >= 0.6 is 23.5 Å². The number of carbonyl (C=O) groups is 1. The van der Waals surface area contributed by atoms with Gasteiger partial charge in [0.05, 0.1) is 11.4 Å². The molecule has 2 aromatic heterocycles. The van der Waals surface area contributed by atoms with E-state index in [-0.39, 0.29) is 5.75 Å². The fourth-order valence-electron chi connectivity index (χ4n) is 2.08. The molecule has 0 spiro atoms. The van der Waals surface area contributed by atoms with Crippen LogP contribution < -0.4 is 0 Å².